The van der Waals surface area contributed by atoms with Gasteiger partial charge in [0.15, 0.2) is 5.78 Å². The van der Waals surface area contributed by atoms with Gasteiger partial charge in [0.25, 0.3) is 0 Å². The lowest BCUT2D eigenvalue weighted by molar-refractivity contribution is 0.102. The monoisotopic (exact) mass is 220 g/mol. The molecular weight excluding hydrogens is 204 g/mol. The molecule has 0 N–H and O–H groups in total. The van der Waals surface area contributed by atoms with Crippen molar-refractivity contribution >= 4 is 17.5 Å². The summed E-state index contributed by atoms with van der Waals surface area (Å²) in [4.78, 5) is 11.9. The molecule has 1 aliphatic rings. The van der Waals surface area contributed by atoms with E-state index in [-0.39, 0.29) is 5.78 Å². The average Bonchev–Trinajstić information content (AvgIpc) is 2.97. The fraction of sp³-hybridized carbons (Fsp3) is 0.462. The molecule has 0 saturated heterocycles. The van der Waals surface area contributed by atoms with Gasteiger partial charge in [-0.25, -0.2) is 0 Å². The van der Waals surface area contributed by atoms with Gasteiger partial charge in [-0.15, -0.1) is 0 Å². The van der Waals surface area contributed by atoms with E-state index in [0.717, 1.165) is 16.4 Å². The van der Waals surface area contributed by atoms with Crippen molar-refractivity contribution in [2.24, 2.45) is 0 Å². The number of aryl methyl sites for hydroxylation is 2. The standard InChI is InChI=1S/C13H16OS/c1-9-3-6-12(10(2)7-9)13(14)8-15-11-4-5-11/h3,6-7,11H,4-5,8H2,1-2H3. The summed E-state index contributed by atoms with van der Waals surface area (Å²) in [6, 6.07) is 6.05. The van der Waals surface area contributed by atoms with Gasteiger partial charge in [0.1, 0.15) is 0 Å². The zero-order valence-corrected chi connectivity index (χ0v) is 10.1. The summed E-state index contributed by atoms with van der Waals surface area (Å²) in [6.07, 6.45) is 2.59. The molecular formula is C13H16OS. The van der Waals surface area contributed by atoms with Crippen LogP contribution in [0.2, 0.25) is 0 Å². The molecule has 0 atom stereocenters. The Kier molecular flexibility index (Phi) is 3.15. The maximum absolute atomic E-state index is 11.9. The second-order valence-electron chi connectivity index (χ2n) is 4.25. The molecule has 0 amide bonds. The predicted molar refractivity (Wildman–Crippen MR) is 65.7 cm³/mol. The minimum absolute atomic E-state index is 0.282. The van der Waals surface area contributed by atoms with Gasteiger partial charge in [-0.1, -0.05) is 23.8 Å². The lowest BCUT2D eigenvalue weighted by Gasteiger charge is -2.05. The van der Waals surface area contributed by atoms with Crippen LogP contribution in [0.4, 0.5) is 0 Å². The van der Waals surface area contributed by atoms with Crippen molar-refractivity contribution < 1.29 is 4.79 Å². The van der Waals surface area contributed by atoms with Gasteiger partial charge in [-0.2, -0.15) is 11.8 Å². The molecule has 2 rings (SSSR count). The van der Waals surface area contributed by atoms with E-state index in [1.807, 2.05) is 30.8 Å². The Morgan fingerprint density at radius 3 is 2.73 bits per heavy atom. The summed E-state index contributed by atoms with van der Waals surface area (Å²) in [7, 11) is 0. The second kappa shape index (κ2) is 4.40. The number of benzene rings is 1. The number of ketones is 1. The van der Waals surface area contributed by atoms with Crippen LogP contribution in [0.5, 0.6) is 0 Å². The van der Waals surface area contributed by atoms with E-state index in [0.29, 0.717) is 5.75 Å². The van der Waals surface area contributed by atoms with Crippen molar-refractivity contribution in [1.82, 2.24) is 0 Å². The quantitative estimate of drug-likeness (QED) is 0.724. The highest BCUT2D eigenvalue weighted by atomic mass is 32.2. The Hall–Kier alpha value is -0.760. The van der Waals surface area contributed by atoms with E-state index >= 15 is 0 Å². The summed E-state index contributed by atoms with van der Waals surface area (Å²) in [5, 5.41) is 0.764. The minimum atomic E-state index is 0.282. The largest absolute Gasteiger partial charge is 0.293 e. The first kappa shape index (κ1) is 10.7. The number of hydrogen-bond donors (Lipinski definition) is 0. The number of Topliss-reactive ketones (excluding diaryl/α,β-unsaturated/α-hetero) is 1. The first-order valence-corrected chi connectivity index (χ1v) is 6.44. The van der Waals surface area contributed by atoms with Crippen molar-refractivity contribution in [3.8, 4) is 0 Å². The molecule has 0 unspecified atom stereocenters. The lowest BCUT2D eigenvalue weighted by atomic mass is 10.0. The zero-order valence-electron chi connectivity index (χ0n) is 9.25. The van der Waals surface area contributed by atoms with Crippen molar-refractivity contribution in [1.29, 1.82) is 0 Å². The topological polar surface area (TPSA) is 17.1 Å². The minimum Gasteiger partial charge on any atom is -0.293 e. The van der Waals surface area contributed by atoms with Crippen LogP contribution in [-0.2, 0) is 0 Å². The number of carbonyl (C=O) groups excluding carboxylic acids is 1. The Morgan fingerprint density at radius 2 is 2.13 bits per heavy atom. The van der Waals surface area contributed by atoms with E-state index in [9.17, 15) is 4.79 Å². The maximum atomic E-state index is 11.9. The SMILES string of the molecule is Cc1ccc(C(=O)CSC2CC2)c(C)c1. The summed E-state index contributed by atoms with van der Waals surface area (Å²) >= 11 is 1.81. The smallest absolute Gasteiger partial charge is 0.172 e. The normalized spacial score (nSPS) is 15.3. The molecule has 0 heterocycles. The number of carbonyl (C=O) groups is 1. The maximum Gasteiger partial charge on any atom is 0.172 e. The fourth-order valence-corrected chi connectivity index (χ4v) is 2.64. The summed E-state index contributed by atoms with van der Waals surface area (Å²) < 4.78 is 0. The highest BCUT2D eigenvalue weighted by Crippen LogP contribution is 2.34. The van der Waals surface area contributed by atoms with Crippen LogP contribution in [-0.4, -0.2) is 16.8 Å². The van der Waals surface area contributed by atoms with Crippen LogP contribution in [0.3, 0.4) is 0 Å². The van der Waals surface area contributed by atoms with E-state index < -0.39 is 0 Å². The fourth-order valence-electron chi connectivity index (χ4n) is 1.63. The van der Waals surface area contributed by atoms with Gasteiger partial charge in [0.2, 0.25) is 0 Å². The lowest BCUT2D eigenvalue weighted by Crippen LogP contribution is -2.05. The van der Waals surface area contributed by atoms with Gasteiger partial charge >= 0.3 is 0 Å². The summed E-state index contributed by atoms with van der Waals surface area (Å²) in [6.45, 7) is 4.07. The number of thioether (sulfide) groups is 1. The molecule has 15 heavy (non-hydrogen) atoms. The van der Waals surface area contributed by atoms with Crippen LogP contribution in [0.25, 0.3) is 0 Å². The molecule has 0 bridgehead atoms. The second-order valence-corrected chi connectivity index (χ2v) is 5.54. The Labute approximate surface area is 95.3 Å². The van der Waals surface area contributed by atoms with Crippen molar-refractivity contribution in [2.75, 3.05) is 5.75 Å². The summed E-state index contributed by atoms with van der Waals surface area (Å²) in [5.41, 5.74) is 3.23. The molecule has 80 valence electrons. The Morgan fingerprint density at radius 1 is 1.40 bits per heavy atom. The van der Waals surface area contributed by atoms with E-state index in [4.69, 9.17) is 0 Å². The summed E-state index contributed by atoms with van der Waals surface area (Å²) in [5.74, 6) is 0.929. The number of rotatable bonds is 4. The van der Waals surface area contributed by atoms with Gasteiger partial charge in [0, 0.05) is 10.8 Å². The molecule has 0 radical (unpaired) electrons. The highest BCUT2D eigenvalue weighted by molar-refractivity contribution is 8.00. The van der Waals surface area contributed by atoms with Crippen molar-refractivity contribution in [2.45, 2.75) is 31.9 Å². The molecule has 1 fully saturated rings. The third-order valence-corrected chi connectivity index (χ3v) is 4.03. The Balaban J connectivity index is 2.03. The molecule has 0 aliphatic heterocycles. The molecule has 0 spiro atoms. The van der Waals surface area contributed by atoms with E-state index in [1.54, 1.807) is 0 Å². The number of hydrogen-bond acceptors (Lipinski definition) is 2. The van der Waals surface area contributed by atoms with Crippen molar-refractivity contribution in [3.63, 3.8) is 0 Å². The molecule has 1 aromatic carbocycles. The van der Waals surface area contributed by atoms with Crippen LogP contribution in [0, 0.1) is 13.8 Å². The molecule has 1 aliphatic carbocycles. The molecule has 0 aromatic heterocycles. The average molecular weight is 220 g/mol. The van der Waals surface area contributed by atoms with Gasteiger partial charge < -0.3 is 0 Å². The first-order chi connectivity index (χ1) is 7.16. The highest BCUT2D eigenvalue weighted by Gasteiger charge is 2.23. The third-order valence-electron chi connectivity index (χ3n) is 2.66. The van der Waals surface area contributed by atoms with Gasteiger partial charge in [0.05, 0.1) is 5.75 Å². The predicted octanol–water partition coefficient (Wildman–Crippen LogP) is 3.38. The van der Waals surface area contributed by atoms with Gasteiger partial charge in [-0.05, 0) is 32.3 Å². The molecule has 1 nitrogen and oxygen atoms in total. The van der Waals surface area contributed by atoms with E-state index in [2.05, 4.69) is 13.0 Å². The van der Waals surface area contributed by atoms with E-state index in [1.165, 1.54) is 18.4 Å². The third kappa shape index (κ3) is 2.85. The molecule has 1 aromatic rings. The zero-order chi connectivity index (χ0) is 10.8. The van der Waals surface area contributed by atoms with Crippen LogP contribution >= 0.6 is 11.8 Å². The van der Waals surface area contributed by atoms with Gasteiger partial charge in [-0.3, -0.25) is 4.79 Å². The van der Waals surface area contributed by atoms with Crippen LogP contribution in [0.15, 0.2) is 18.2 Å². The van der Waals surface area contributed by atoms with Crippen LogP contribution < -0.4 is 0 Å². The van der Waals surface area contributed by atoms with Crippen LogP contribution in [0.1, 0.15) is 34.3 Å². The first-order valence-electron chi connectivity index (χ1n) is 5.39. The molecule has 1 saturated carbocycles. The molecule has 2 heteroatoms. The Bertz CT molecular complexity index is 380. The van der Waals surface area contributed by atoms with Crippen molar-refractivity contribution in [3.05, 3.63) is 34.9 Å².